The molecule has 2 aromatic carbocycles. The lowest BCUT2D eigenvalue weighted by atomic mass is 10.0. The van der Waals surface area contributed by atoms with E-state index in [0.717, 1.165) is 17.3 Å². The molecule has 5 rings (SSSR count). The van der Waals surface area contributed by atoms with Crippen LogP contribution in [0.4, 0.5) is 0 Å². The van der Waals surface area contributed by atoms with Crippen LogP contribution in [0.25, 0.3) is 10.8 Å². The molecule has 10 heteroatoms. The lowest BCUT2D eigenvalue weighted by molar-refractivity contribution is -0.137. The van der Waals surface area contributed by atoms with Crippen LogP contribution >= 0.6 is 11.6 Å². The molecule has 8 nitrogen and oxygen atoms in total. The molecule has 35 heavy (non-hydrogen) atoms. The molecule has 2 aromatic rings. The summed E-state index contributed by atoms with van der Waals surface area (Å²) in [5.74, 6) is -0.348. The molecule has 3 aliphatic heterocycles. The van der Waals surface area contributed by atoms with E-state index in [4.69, 9.17) is 11.6 Å². The van der Waals surface area contributed by atoms with Crippen molar-refractivity contribution in [3.05, 3.63) is 53.3 Å². The van der Waals surface area contributed by atoms with E-state index in [1.165, 1.54) is 0 Å². The number of hydrogen-bond acceptors (Lipinski definition) is 6. The van der Waals surface area contributed by atoms with Gasteiger partial charge in [0.25, 0.3) is 5.91 Å². The molecule has 0 spiro atoms. The maximum atomic E-state index is 12.9. The fourth-order valence-corrected chi connectivity index (χ4v) is 6.65. The molecule has 3 aliphatic rings. The first-order chi connectivity index (χ1) is 16.7. The third-order valence-corrected chi connectivity index (χ3v) is 9.22. The van der Waals surface area contributed by atoms with Gasteiger partial charge >= 0.3 is 0 Å². The van der Waals surface area contributed by atoms with Gasteiger partial charge in [0.15, 0.2) is 9.84 Å². The van der Waals surface area contributed by atoms with Crippen molar-refractivity contribution in [2.45, 2.75) is 43.3 Å². The van der Waals surface area contributed by atoms with E-state index < -0.39 is 9.84 Å². The number of amides is 2. The molecule has 2 fully saturated rings. The summed E-state index contributed by atoms with van der Waals surface area (Å²) in [5, 5.41) is 5.44. The van der Waals surface area contributed by atoms with Crippen molar-refractivity contribution in [1.29, 1.82) is 0 Å². The van der Waals surface area contributed by atoms with Crippen LogP contribution in [0.2, 0.25) is 5.02 Å². The van der Waals surface area contributed by atoms with Crippen molar-refractivity contribution in [2.24, 2.45) is 0 Å². The molecular weight excluding hydrogens is 488 g/mol. The summed E-state index contributed by atoms with van der Waals surface area (Å²) in [6.07, 6.45) is 3.28. The molecule has 0 aliphatic carbocycles. The second-order valence-corrected chi connectivity index (χ2v) is 11.9. The van der Waals surface area contributed by atoms with E-state index in [2.05, 4.69) is 10.2 Å². The molecular formula is C25H29ClN4O4S. The second-order valence-electron chi connectivity index (χ2n) is 9.40. The Balaban J connectivity index is 1.15. The zero-order chi connectivity index (χ0) is 24.7. The van der Waals surface area contributed by atoms with Crippen LogP contribution < -0.4 is 5.32 Å². The average molecular weight is 517 g/mol. The minimum Gasteiger partial charge on any atom is -0.370 e. The van der Waals surface area contributed by atoms with Crippen LogP contribution in [0, 0.1) is 0 Å². The topological polar surface area (TPSA) is 90.0 Å². The monoisotopic (exact) mass is 516 g/mol. The van der Waals surface area contributed by atoms with E-state index in [9.17, 15) is 18.0 Å². The molecule has 0 saturated carbocycles. The van der Waals surface area contributed by atoms with E-state index in [0.29, 0.717) is 43.2 Å². The minimum absolute atomic E-state index is 0.0432. The summed E-state index contributed by atoms with van der Waals surface area (Å²) in [6.45, 7) is 4.57. The summed E-state index contributed by atoms with van der Waals surface area (Å²) < 4.78 is 25.8. The number of rotatable bonds is 5. The molecule has 1 unspecified atom stereocenters. The fourth-order valence-electron chi connectivity index (χ4n) is 5.20. The van der Waals surface area contributed by atoms with Crippen LogP contribution in [0.15, 0.2) is 53.2 Å². The van der Waals surface area contributed by atoms with E-state index in [1.807, 2.05) is 11.8 Å². The zero-order valence-corrected chi connectivity index (χ0v) is 21.2. The first-order valence-corrected chi connectivity index (χ1v) is 14.0. The van der Waals surface area contributed by atoms with Gasteiger partial charge < -0.3 is 20.0 Å². The Morgan fingerprint density at radius 3 is 2.49 bits per heavy atom. The number of halogens is 1. The van der Waals surface area contributed by atoms with Gasteiger partial charge in [-0.25, -0.2) is 8.42 Å². The number of fused-ring (bicyclic) bond motifs is 2. The van der Waals surface area contributed by atoms with Crippen molar-refractivity contribution < 1.29 is 18.0 Å². The van der Waals surface area contributed by atoms with Gasteiger partial charge in [-0.15, -0.1) is 0 Å². The number of carbonyl (C=O) groups is 2. The van der Waals surface area contributed by atoms with Crippen LogP contribution in [0.1, 0.15) is 26.2 Å². The number of nitrogens with zero attached hydrogens (tertiary/aromatic N) is 3. The van der Waals surface area contributed by atoms with E-state index >= 15 is 0 Å². The number of piperazine rings is 1. The number of sulfone groups is 1. The highest BCUT2D eigenvalue weighted by Crippen LogP contribution is 2.27. The largest absolute Gasteiger partial charge is 0.370 e. The Hall–Kier alpha value is -2.78. The molecule has 2 saturated heterocycles. The number of benzene rings is 2. The highest BCUT2D eigenvalue weighted by molar-refractivity contribution is 7.91. The van der Waals surface area contributed by atoms with Crippen molar-refractivity contribution in [1.82, 2.24) is 20.0 Å². The van der Waals surface area contributed by atoms with Crippen molar-refractivity contribution in [2.75, 3.05) is 31.9 Å². The Kier molecular flexibility index (Phi) is 6.40. The number of likely N-dealkylation sites (tertiary alicyclic amines) is 1. The lowest BCUT2D eigenvalue weighted by Gasteiger charge is -2.43. The van der Waals surface area contributed by atoms with Gasteiger partial charge in [0.05, 0.1) is 16.8 Å². The standard InChI is InChI=1S/C25H29ClN4O4S/c1-17-27-16-23-25(32)30(12-11-29(17)23)21-6-9-28(10-7-21)24(31)8-13-35(33,34)22-5-3-18-14-20(26)4-2-19(18)15-22/h2-5,14-17,21,27H,6-13H2,1H3. The van der Waals surface area contributed by atoms with Crippen molar-refractivity contribution in [3.63, 3.8) is 0 Å². The third kappa shape index (κ3) is 4.71. The predicted octanol–water partition coefficient (Wildman–Crippen LogP) is 2.58. The first-order valence-electron chi connectivity index (χ1n) is 12.0. The Morgan fingerprint density at radius 1 is 1.03 bits per heavy atom. The van der Waals surface area contributed by atoms with Gasteiger partial charge in [0.2, 0.25) is 5.91 Å². The van der Waals surface area contributed by atoms with Crippen LogP contribution in [0.5, 0.6) is 0 Å². The summed E-state index contributed by atoms with van der Waals surface area (Å²) in [5.41, 5.74) is 0.712. The number of hydrogen-bond donors (Lipinski definition) is 1. The SMILES string of the molecule is CC1NC=C2C(=O)N(C3CCN(C(=O)CCS(=O)(=O)c4ccc5cc(Cl)ccc5c4)CC3)CCN21. The smallest absolute Gasteiger partial charge is 0.272 e. The van der Waals surface area contributed by atoms with Crippen LogP contribution in [0.3, 0.4) is 0 Å². The molecule has 0 bridgehead atoms. The van der Waals surface area contributed by atoms with Gasteiger partial charge in [0.1, 0.15) is 5.70 Å². The molecule has 2 amide bonds. The van der Waals surface area contributed by atoms with Gasteiger partial charge in [0, 0.05) is 49.9 Å². The van der Waals surface area contributed by atoms with E-state index in [-0.39, 0.29) is 41.1 Å². The van der Waals surface area contributed by atoms with Gasteiger partial charge in [-0.2, -0.15) is 0 Å². The summed E-state index contributed by atoms with van der Waals surface area (Å²) >= 11 is 6.01. The second kappa shape index (κ2) is 9.35. The third-order valence-electron chi connectivity index (χ3n) is 7.28. The fraction of sp³-hybridized carbons (Fsp3) is 0.440. The van der Waals surface area contributed by atoms with Gasteiger partial charge in [-0.05, 0) is 54.8 Å². The lowest BCUT2D eigenvalue weighted by Crippen LogP contribution is -2.56. The van der Waals surface area contributed by atoms with Crippen molar-refractivity contribution >= 4 is 44.0 Å². The minimum atomic E-state index is -3.59. The maximum absolute atomic E-state index is 12.9. The highest BCUT2D eigenvalue weighted by atomic mass is 35.5. The average Bonchev–Trinajstić information content (AvgIpc) is 3.24. The van der Waals surface area contributed by atoms with Gasteiger partial charge in [-0.1, -0.05) is 23.7 Å². The van der Waals surface area contributed by atoms with Gasteiger partial charge in [-0.3, -0.25) is 9.59 Å². The quantitative estimate of drug-likeness (QED) is 0.657. The molecule has 1 atom stereocenters. The Labute approximate surface area is 210 Å². The van der Waals surface area contributed by atoms with E-state index in [1.54, 1.807) is 47.5 Å². The zero-order valence-electron chi connectivity index (χ0n) is 19.6. The van der Waals surface area contributed by atoms with Crippen LogP contribution in [-0.2, 0) is 19.4 Å². The normalized spacial score (nSPS) is 21.2. The number of nitrogens with one attached hydrogen (secondary N) is 1. The molecule has 186 valence electrons. The molecule has 1 N–H and O–H groups in total. The van der Waals surface area contributed by atoms with Crippen LogP contribution in [-0.4, -0.2) is 79.1 Å². The molecule has 3 heterocycles. The summed E-state index contributed by atoms with van der Waals surface area (Å²) in [4.78, 5) is 31.7. The summed E-state index contributed by atoms with van der Waals surface area (Å²) in [7, 11) is -3.59. The highest BCUT2D eigenvalue weighted by Gasteiger charge is 2.39. The first kappa shape index (κ1) is 23.9. The maximum Gasteiger partial charge on any atom is 0.272 e. The Bertz CT molecular complexity index is 1300. The number of piperidine rings is 1. The predicted molar refractivity (Wildman–Crippen MR) is 134 cm³/mol. The Morgan fingerprint density at radius 2 is 1.71 bits per heavy atom. The number of carbonyl (C=O) groups excluding carboxylic acids is 2. The van der Waals surface area contributed by atoms with Crippen molar-refractivity contribution in [3.8, 4) is 0 Å². The molecule has 0 aromatic heterocycles. The molecule has 0 radical (unpaired) electrons. The summed E-state index contributed by atoms with van der Waals surface area (Å²) in [6, 6.07) is 10.3.